The maximum absolute atomic E-state index is 10.8. The summed E-state index contributed by atoms with van der Waals surface area (Å²) in [5, 5.41) is 12.5. The number of nitrogens with zero attached hydrogens (tertiary/aromatic N) is 1. The molecule has 0 spiro atoms. The maximum atomic E-state index is 10.8. The lowest BCUT2D eigenvalue weighted by Crippen LogP contribution is -2.20. The lowest BCUT2D eigenvalue weighted by molar-refractivity contribution is 0.0701. The minimum Gasteiger partial charge on any atom is -0.477 e. The number of hydrogen-bond acceptors (Lipinski definition) is 5. The van der Waals surface area contributed by atoms with Crippen molar-refractivity contribution in [3.63, 3.8) is 0 Å². The van der Waals surface area contributed by atoms with E-state index in [1.165, 1.54) is 0 Å². The van der Waals surface area contributed by atoms with Gasteiger partial charge in [0, 0.05) is 13.2 Å². The van der Waals surface area contributed by atoms with E-state index in [2.05, 4.69) is 10.3 Å². The number of methoxy groups -OCH3 is 1. The number of aromatic carboxylic acids is 1. The van der Waals surface area contributed by atoms with Crippen LogP contribution in [0.2, 0.25) is 0 Å². The topological polar surface area (TPSA) is 71.5 Å². The molecular formula is C9H14N2O3S. The summed E-state index contributed by atoms with van der Waals surface area (Å²) < 4.78 is 4.96. The van der Waals surface area contributed by atoms with Crippen LogP contribution in [0.5, 0.6) is 0 Å². The van der Waals surface area contributed by atoms with Crippen LogP contribution in [0, 0.1) is 6.92 Å². The van der Waals surface area contributed by atoms with Gasteiger partial charge in [0.15, 0.2) is 5.13 Å². The third-order valence-corrected chi connectivity index (χ3v) is 2.85. The van der Waals surface area contributed by atoms with Gasteiger partial charge in [0.2, 0.25) is 0 Å². The van der Waals surface area contributed by atoms with Gasteiger partial charge >= 0.3 is 5.97 Å². The average molecular weight is 230 g/mol. The van der Waals surface area contributed by atoms with Crippen LogP contribution in [0.15, 0.2) is 0 Å². The Morgan fingerprint density at radius 3 is 2.87 bits per heavy atom. The van der Waals surface area contributed by atoms with Crippen LogP contribution in [-0.2, 0) is 4.74 Å². The molecular weight excluding hydrogens is 216 g/mol. The van der Waals surface area contributed by atoms with Crippen LogP contribution >= 0.6 is 11.3 Å². The SMILES string of the molecule is COCC(C)Nc1nc(C)c(C(=O)O)s1. The highest BCUT2D eigenvalue weighted by atomic mass is 32.1. The van der Waals surface area contributed by atoms with Gasteiger partial charge in [0.25, 0.3) is 0 Å². The fourth-order valence-electron chi connectivity index (χ4n) is 1.16. The maximum Gasteiger partial charge on any atom is 0.347 e. The first kappa shape index (κ1) is 11.9. The third kappa shape index (κ3) is 3.17. The second kappa shape index (κ2) is 5.09. The van der Waals surface area contributed by atoms with Crippen LogP contribution < -0.4 is 5.32 Å². The van der Waals surface area contributed by atoms with Gasteiger partial charge in [-0.3, -0.25) is 0 Å². The minimum absolute atomic E-state index is 0.113. The van der Waals surface area contributed by atoms with Crippen molar-refractivity contribution in [3.05, 3.63) is 10.6 Å². The molecule has 84 valence electrons. The van der Waals surface area contributed by atoms with E-state index in [9.17, 15) is 4.79 Å². The molecule has 1 aromatic rings. The van der Waals surface area contributed by atoms with Crippen LogP contribution in [-0.4, -0.2) is 35.8 Å². The van der Waals surface area contributed by atoms with Crippen molar-refractivity contribution in [2.45, 2.75) is 19.9 Å². The molecule has 0 aliphatic carbocycles. The summed E-state index contributed by atoms with van der Waals surface area (Å²) in [7, 11) is 1.62. The van der Waals surface area contributed by atoms with Gasteiger partial charge in [-0.1, -0.05) is 11.3 Å². The second-order valence-corrected chi connectivity index (χ2v) is 4.24. The molecule has 1 atom stereocenters. The Labute approximate surface area is 92.1 Å². The summed E-state index contributed by atoms with van der Waals surface area (Å²) >= 11 is 1.14. The van der Waals surface area contributed by atoms with E-state index in [1.54, 1.807) is 14.0 Å². The van der Waals surface area contributed by atoms with Gasteiger partial charge in [-0.25, -0.2) is 9.78 Å². The Hall–Kier alpha value is -1.14. The number of aromatic nitrogens is 1. The highest BCUT2D eigenvalue weighted by molar-refractivity contribution is 7.17. The summed E-state index contributed by atoms with van der Waals surface area (Å²) in [6.07, 6.45) is 0. The molecule has 0 aromatic carbocycles. The van der Waals surface area contributed by atoms with E-state index in [-0.39, 0.29) is 10.9 Å². The molecule has 2 N–H and O–H groups in total. The lowest BCUT2D eigenvalue weighted by Gasteiger charge is -2.10. The van der Waals surface area contributed by atoms with Crippen LogP contribution in [0.1, 0.15) is 22.3 Å². The second-order valence-electron chi connectivity index (χ2n) is 3.24. The summed E-state index contributed by atoms with van der Waals surface area (Å²) in [5.41, 5.74) is 0.541. The molecule has 0 aliphatic heterocycles. The normalized spacial score (nSPS) is 12.5. The van der Waals surface area contributed by atoms with Gasteiger partial charge in [-0.2, -0.15) is 0 Å². The molecule has 1 unspecified atom stereocenters. The van der Waals surface area contributed by atoms with Gasteiger partial charge in [-0.15, -0.1) is 0 Å². The quantitative estimate of drug-likeness (QED) is 0.803. The van der Waals surface area contributed by atoms with Gasteiger partial charge < -0.3 is 15.2 Å². The first-order chi connectivity index (χ1) is 7.04. The fraction of sp³-hybridized carbons (Fsp3) is 0.556. The summed E-state index contributed by atoms with van der Waals surface area (Å²) in [6, 6.07) is 0.113. The van der Waals surface area contributed by atoms with Crippen molar-refractivity contribution in [1.82, 2.24) is 4.98 Å². The van der Waals surface area contributed by atoms with Crippen molar-refractivity contribution in [3.8, 4) is 0 Å². The lowest BCUT2D eigenvalue weighted by atomic mass is 10.4. The Morgan fingerprint density at radius 1 is 1.73 bits per heavy atom. The first-order valence-corrected chi connectivity index (χ1v) is 5.32. The van der Waals surface area contributed by atoms with Crippen molar-refractivity contribution >= 4 is 22.4 Å². The number of nitrogens with one attached hydrogen (secondary N) is 1. The summed E-state index contributed by atoms with van der Waals surface area (Å²) in [4.78, 5) is 15.2. The number of hydrogen-bond donors (Lipinski definition) is 2. The smallest absolute Gasteiger partial charge is 0.347 e. The van der Waals surface area contributed by atoms with Gasteiger partial charge in [0.05, 0.1) is 12.3 Å². The van der Waals surface area contributed by atoms with E-state index < -0.39 is 5.97 Å². The molecule has 15 heavy (non-hydrogen) atoms. The Balaban J connectivity index is 2.71. The zero-order valence-electron chi connectivity index (χ0n) is 8.90. The molecule has 0 fully saturated rings. The van der Waals surface area contributed by atoms with Crippen molar-refractivity contribution in [2.75, 3.05) is 19.0 Å². The standard InChI is InChI=1S/C9H14N2O3S/c1-5(4-14-3)10-9-11-6(2)7(15-9)8(12)13/h5H,4H2,1-3H3,(H,10,11)(H,12,13). The molecule has 0 aliphatic rings. The van der Waals surface area contributed by atoms with Gasteiger partial charge in [-0.05, 0) is 13.8 Å². The number of carboxylic acid groups (broad SMARTS) is 1. The molecule has 0 amide bonds. The fourth-order valence-corrected chi connectivity index (χ4v) is 2.08. The predicted molar refractivity (Wildman–Crippen MR) is 58.8 cm³/mol. The largest absolute Gasteiger partial charge is 0.477 e. The van der Waals surface area contributed by atoms with E-state index >= 15 is 0 Å². The van der Waals surface area contributed by atoms with E-state index in [4.69, 9.17) is 9.84 Å². The molecule has 0 saturated heterocycles. The summed E-state index contributed by atoms with van der Waals surface area (Å²) in [6.45, 7) is 4.19. The highest BCUT2D eigenvalue weighted by Gasteiger charge is 2.14. The van der Waals surface area contributed by atoms with Crippen LogP contribution in [0.4, 0.5) is 5.13 Å². The molecule has 0 bridgehead atoms. The number of rotatable bonds is 5. The van der Waals surface area contributed by atoms with Crippen molar-refractivity contribution in [1.29, 1.82) is 0 Å². The van der Waals surface area contributed by atoms with E-state index in [0.717, 1.165) is 11.3 Å². The monoisotopic (exact) mass is 230 g/mol. The van der Waals surface area contributed by atoms with Crippen molar-refractivity contribution < 1.29 is 14.6 Å². The van der Waals surface area contributed by atoms with Crippen LogP contribution in [0.25, 0.3) is 0 Å². The summed E-state index contributed by atoms with van der Waals surface area (Å²) in [5.74, 6) is -0.933. The molecule has 1 heterocycles. The Morgan fingerprint density at radius 2 is 2.40 bits per heavy atom. The Kier molecular flexibility index (Phi) is 4.05. The minimum atomic E-state index is -0.933. The first-order valence-electron chi connectivity index (χ1n) is 4.50. The number of anilines is 1. The van der Waals surface area contributed by atoms with Gasteiger partial charge in [0.1, 0.15) is 4.88 Å². The highest BCUT2D eigenvalue weighted by Crippen LogP contribution is 2.22. The van der Waals surface area contributed by atoms with Crippen molar-refractivity contribution in [2.24, 2.45) is 0 Å². The molecule has 5 nitrogen and oxygen atoms in total. The van der Waals surface area contributed by atoms with E-state index in [1.807, 2.05) is 6.92 Å². The molecule has 0 radical (unpaired) electrons. The third-order valence-electron chi connectivity index (χ3n) is 1.78. The molecule has 6 heteroatoms. The number of aryl methyl sites for hydroxylation is 1. The number of ether oxygens (including phenoxy) is 1. The number of carboxylic acids is 1. The zero-order chi connectivity index (χ0) is 11.4. The Bertz CT molecular complexity index is 351. The average Bonchev–Trinajstić information content (AvgIpc) is 2.47. The van der Waals surface area contributed by atoms with Crippen LogP contribution in [0.3, 0.4) is 0 Å². The predicted octanol–water partition coefficient (Wildman–Crippen LogP) is 1.60. The van der Waals surface area contributed by atoms with E-state index in [0.29, 0.717) is 17.4 Å². The molecule has 1 aromatic heterocycles. The number of thiazole rings is 1. The molecule has 0 saturated carbocycles. The molecule has 1 rings (SSSR count). The zero-order valence-corrected chi connectivity index (χ0v) is 9.72. The number of carbonyl (C=O) groups is 1.